The smallest absolute Gasteiger partial charge is 0.302 e. The van der Waals surface area contributed by atoms with Gasteiger partial charge in [-0.1, -0.05) is 58.0 Å². The standard InChI is InChI=1S/C23H39NO3Si/c1-8-23(18-27-28(6,7)22(3,4)5)15-14-21(17-26-19(2)25)24(23)16-20-12-10-9-11-13-20/h9-13,21H,8,14-18H2,1-7H3. The molecule has 158 valence electrons. The predicted octanol–water partition coefficient (Wildman–Crippen LogP) is 5.38. The van der Waals surface area contributed by atoms with Gasteiger partial charge in [-0.3, -0.25) is 9.69 Å². The first-order valence-electron chi connectivity index (χ1n) is 10.6. The Morgan fingerprint density at radius 3 is 2.43 bits per heavy atom. The lowest BCUT2D eigenvalue weighted by Gasteiger charge is -2.44. The van der Waals surface area contributed by atoms with Crippen molar-refractivity contribution in [2.75, 3.05) is 13.2 Å². The summed E-state index contributed by atoms with van der Waals surface area (Å²) in [6, 6.07) is 10.8. The molecule has 1 fully saturated rings. The lowest BCUT2D eigenvalue weighted by molar-refractivity contribution is -0.143. The molecule has 1 aliphatic heterocycles. The van der Waals surface area contributed by atoms with Gasteiger partial charge in [0.25, 0.3) is 0 Å². The van der Waals surface area contributed by atoms with E-state index in [2.05, 4.69) is 76.0 Å². The number of likely N-dealkylation sites (tertiary alicyclic amines) is 1. The monoisotopic (exact) mass is 405 g/mol. The van der Waals surface area contributed by atoms with Gasteiger partial charge in [-0.2, -0.15) is 0 Å². The molecule has 2 atom stereocenters. The molecule has 5 heteroatoms. The number of benzene rings is 1. The number of carbonyl (C=O) groups excluding carboxylic acids is 1. The van der Waals surface area contributed by atoms with Gasteiger partial charge in [-0.25, -0.2) is 0 Å². The van der Waals surface area contributed by atoms with Crippen LogP contribution in [0.3, 0.4) is 0 Å². The van der Waals surface area contributed by atoms with E-state index in [0.717, 1.165) is 32.4 Å². The van der Waals surface area contributed by atoms with Crippen LogP contribution in [0.25, 0.3) is 0 Å². The van der Waals surface area contributed by atoms with Crippen molar-refractivity contribution >= 4 is 14.3 Å². The summed E-state index contributed by atoms with van der Waals surface area (Å²) in [6.45, 7) is 17.3. The topological polar surface area (TPSA) is 38.8 Å². The zero-order valence-electron chi connectivity index (χ0n) is 18.9. The summed E-state index contributed by atoms with van der Waals surface area (Å²) in [5, 5.41) is 0.196. The van der Waals surface area contributed by atoms with Crippen molar-refractivity contribution in [3.05, 3.63) is 35.9 Å². The van der Waals surface area contributed by atoms with Crippen molar-refractivity contribution < 1.29 is 14.0 Å². The Morgan fingerprint density at radius 1 is 1.25 bits per heavy atom. The minimum atomic E-state index is -1.83. The van der Waals surface area contributed by atoms with Gasteiger partial charge >= 0.3 is 5.97 Å². The number of rotatable bonds is 8. The van der Waals surface area contributed by atoms with Gasteiger partial charge < -0.3 is 9.16 Å². The summed E-state index contributed by atoms with van der Waals surface area (Å²) >= 11 is 0. The lowest BCUT2D eigenvalue weighted by Crippen LogP contribution is -2.54. The third-order valence-electron chi connectivity index (χ3n) is 6.83. The van der Waals surface area contributed by atoms with Crippen LogP contribution >= 0.6 is 0 Å². The second-order valence-electron chi connectivity index (χ2n) is 9.74. The molecule has 1 heterocycles. The summed E-state index contributed by atoms with van der Waals surface area (Å²) in [7, 11) is -1.83. The summed E-state index contributed by atoms with van der Waals surface area (Å²) in [5.74, 6) is -0.203. The van der Waals surface area contributed by atoms with E-state index >= 15 is 0 Å². The highest BCUT2D eigenvalue weighted by Gasteiger charge is 2.47. The van der Waals surface area contributed by atoms with Crippen molar-refractivity contribution in [3.8, 4) is 0 Å². The average molecular weight is 406 g/mol. The highest BCUT2D eigenvalue weighted by molar-refractivity contribution is 6.74. The van der Waals surface area contributed by atoms with Gasteiger partial charge in [0.2, 0.25) is 0 Å². The third-order valence-corrected chi connectivity index (χ3v) is 11.3. The SMILES string of the molecule is CCC1(CO[Si](C)(C)C(C)(C)C)CCC(COC(C)=O)N1Cc1ccccc1. The molecule has 1 aromatic rings. The van der Waals surface area contributed by atoms with E-state index in [1.165, 1.54) is 12.5 Å². The van der Waals surface area contributed by atoms with Crippen LogP contribution in [0.15, 0.2) is 30.3 Å². The first-order valence-corrected chi connectivity index (χ1v) is 13.5. The minimum Gasteiger partial charge on any atom is -0.464 e. The fraction of sp³-hybridized carbons (Fsp3) is 0.696. The predicted molar refractivity (Wildman–Crippen MR) is 118 cm³/mol. The van der Waals surface area contributed by atoms with Crippen molar-refractivity contribution in [2.45, 2.75) is 90.1 Å². The van der Waals surface area contributed by atoms with Crippen molar-refractivity contribution in [2.24, 2.45) is 0 Å². The quantitative estimate of drug-likeness (QED) is 0.430. The van der Waals surface area contributed by atoms with E-state index in [4.69, 9.17) is 9.16 Å². The molecule has 0 bridgehead atoms. The van der Waals surface area contributed by atoms with Crippen molar-refractivity contribution in [3.63, 3.8) is 0 Å². The molecule has 0 aliphatic carbocycles. The summed E-state index contributed by atoms with van der Waals surface area (Å²) in [4.78, 5) is 14.0. The van der Waals surface area contributed by atoms with Crippen LogP contribution in [-0.2, 0) is 20.5 Å². The fourth-order valence-electron chi connectivity index (χ4n) is 3.75. The van der Waals surface area contributed by atoms with Crippen molar-refractivity contribution in [1.29, 1.82) is 0 Å². The number of esters is 1. The Bertz CT molecular complexity index is 641. The molecule has 0 saturated carbocycles. The summed E-state index contributed by atoms with van der Waals surface area (Å²) in [5.41, 5.74) is 1.29. The molecule has 2 rings (SSSR count). The number of nitrogens with zero attached hydrogens (tertiary/aromatic N) is 1. The fourth-order valence-corrected chi connectivity index (χ4v) is 4.82. The minimum absolute atomic E-state index is 0.00379. The maximum absolute atomic E-state index is 11.4. The molecule has 1 aliphatic rings. The molecule has 0 N–H and O–H groups in total. The number of carbonyl (C=O) groups is 1. The Hall–Kier alpha value is -1.17. The molecule has 28 heavy (non-hydrogen) atoms. The molecule has 1 saturated heterocycles. The number of hydrogen-bond acceptors (Lipinski definition) is 4. The molecular weight excluding hydrogens is 366 g/mol. The maximum Gasteiger partial charge on any atom is 0.302 e. The normalized spacial score (nSPS) is 23.8. The molecule has 0 spiro atoms. The van der Waals surface area contributed by atoms with Gasteiger partial charge in [-0.05, 0) is 43.0 Å². The van der Waals surface area contributed by atoms with Crippen LogP contribution in [0.1, 0.15) is 59.4 Å². The van der Waals surface area contributed by atoms with E-state index < -0.39 is 8.32 Å². The van der Waals surface area contributed by atoms with Crippen LogP contribution in [0, 0.1) is 0 Å². The van der Waals surface area contributed by atoms with Crippen LogP contribution in [0.4, 0.5) is 0 Å². The van der Waals surface area contributed by atoms with Gasteiger partial charge in [-0.15, -0.1) is 0 Å². The van der Waals surface area contributed by atoms with E-state index in [1.54, 1.807) is 0 Å². The molecule has 1 aromatic carbocycles. The van der Waals surface area contributed by atoms with E-state index in [0.29, 0.717) is 6.61 Å². The first kappa shape index (κ1) is 23.1. The van der Waals surface area contributed by atoms with Gasteiger partial charge in [0.1, 0.15) is 6.61 Å². The van der Waals surface area contributed by atoms with Gasteiger partial charge in [0.05, 0.1) is 6.61 Å². The Balaban J connectivity index is 2.24. The molecule has 4 nitrogen and oxygen atoms in total. The highest BCUT2D eigenvalue weighted by atomic mass is 28.4. The number of ether oxygens (including phenoxy) is 1. The first-order chi connectivity index (χ1) is 13.0. The zero-order valence-corrected chi connectivity index (χ0v) is 19.9. The molecule has 0 radical (unpaired) electrons. The lowest BCUT2D eigenvalue weighted by atomic mass is 9.93. The summed E-state index contributed by atoms with van der Waals surface area (Å²) < 4.78 is 12.1. The average Bonchev–Trinajstić information content (AvgIpc) is 2.96. The second-order valence-corrected chi connectivity index (χ2v) is 14.5. The summed E-state index contributed by atoms with van der Waals surface area (Å²) in [6.07, 6.45) is 3.15. The van der Waals surface area contributed by atoms with Crippen molar-refractivity contribution in [1.82, 2.24) is 4.90 Å². The van der Waals surface area contributed by atoms with Crippen LogP contribution in [-0.4, -0.2) is 44.0 Å². The number of hydrogen-bond donors (Lipinski definition) is 0. The van der Waals surface area contributed by atoms with Gasteiger partial charge in [0, 0.05) is 25.0 Å². The van der Waals surface area contributed by atoms with Crippen LogP contribution < -0.4 is 0 Å². The van der Waals surface area contributed by atoms with Crippen LogP contribution in [0.5, 0.6) is 0 Å². The zero-order chi connectivity index (χ0) is 21.0. The Labute approximate surface area is 172 Å². The van der Waals surface area contributed by atoms with E-state index in [-0.39, 0.29) is 22.6 Å². The molecule has 0 aromatic heterocycles. The molecular formula is C23H39NO3Si. The van der Waals surface area contributed by atoms with Crippen LogP contribution in [0.2, 0.25) is 18.1 Å². The van der Waals surface area contributed by atoms with E-state index in [9.17, 15) is 4.79 Å². The molecule has 2 unspecified atom stereocenters. The molecule has 0 amide bonds. The maximum atomic E-state index is 11.4. The Kier molecular flexibility index (Phi) is 7.51. The third kappa shape index (κ3) is 5.46. The Morgan fingerprint density at radius 2 is 1.89 bits per heavy atom. The second kappa shape index (κ2) is 9.10. The largest absolute Gasteiger partial charge is 0.464 e. The highest BCUT2D eigenvalue weighted by Crippen LogP contribution is 2.42. The van der Waals surface area contributed by atoms with Gasteiger partial charge in [0.15, 0.2) is 8.32 Å². The van der Waals surface area contributed by atoms with E-state index in [1.807, 2.05) is 0 Å².